The molecule has 5 rings (SSSR count). The third-order valence-corrected chi connectivity index (χ3v) is 6.96. The number of hydrogen-bond donors (Lipinski definition) is 0. The lowest BCUT2D eigenvalue weighted by Gasteiger charge is -2.46. The first-order valence-electron chi connectivity index (χ1n) is 12.3. The SMILES string of the molecule is CC(C)(F)C(c1cc(F)cc(C#N)c1)C1CN(Cc2cc(-c3ccc(C#N)cc3)cc(-c3nnco3)c2)C1. The van der Waals surface area contributed by atoms with E-state index in [0.717, 1.165) is 22.3 Å². The first-order valence-corrected chi connectivity index (χ1v) is 12.3. The van der Waals surface area contributed by atoms with Crippen molar-refractivity contribution in [1.82, 2.24) is 15.1 Å². The van der Waals surface area contributed by atoms with Gasteiger partial charge in [-0.05, 0) is 90.6 Å². The Balaban J connectivity index is 1.39. The molecule has 6 nitrogen and oxygen atoms in total. The van der Waals surface area contributed by atoms with Crippen LogP contribution in [0.3, 0.4) is 0 Å². The summed E-state index contributed by atoms with van der Waals surface area (Å²) in [5, 5.41) is 26.2. The van der Waals surface area contributed by atoms with Gasteiger partial charge in [0.1, 0.15) is 11.5 Å². The van der Waals surface area contributed by atoms with Gasteiger partial charge in [0.25, 0.3) is 0 Å². The summed E-state index contributed by atoms with van der Waals surface area (Å²) in [5.74, 6) is -0.694. The molecule has 0 radical (unpaired) electrons. The molecule has 0 aliphatic carbocycles. The molecule has 1 aliphatic rings. The fourth-order valence-electron chi connectivity index (χ4n) is 5.40. The number of likely N-dealkylation sites (tertiary alicyclic amines) is 1. The van der Waals surface area contributed by atoms with Gasteiger partial charge in [0.05, 0.1) is 23.3 Å². The molecule has 1 aromatic heterocycles. The Morgan fingerprint density at radius 1 is 0.974 bits per heavy atom. The maximum atomic E-state index is 15.4. The van der Waals surface area contributed by atoms with Gasteiger partial charge in [-0.25, -0.2) is 8.78 Å². The lowest BCUT2D eigenvalue weighted by molar-refractivity contribution is 0.0212. The van der Waals surface area contributed by atoms with Crippen LogP contribution in [0.5, 0.6) is 0 Å². The topological polar surface area (TPSA) is 89.7 Å². The fourth-order valence-corrected chi connectivity index (χ4v) is 5.40. The molecule has 4 aromatic rings. The zero-order valence-electron chi connectivity index (χ0n) is 21.0. The maximum Gasteiger partial charge on any atom is 0.247 e. The molecule has 1 saturated heterocycles. The molecule has 0 amide bonds. The molecule has 8 heteroatoms. The van der Waals surface area contributed by atoms with Gasteiger partial charge < -0.3 is 4.42 Å². The molecule has 3 aromatic carbocycles. The minimum atomic E-state index is -1.59. The minimum absolute atomic E-state index is 0.0273. The van der Waals surface area contributed by atoms with Crippen molar-refractivity contribution in [3.8, 4) is 34.7 Å². The van der Waals surface area contributed by atoms with E-state index >= 15 is 4.39 Å². The molecule has 0 saturated carbocycles. The standard InChI is InChI=1S/C30H25F2N5O/c1-30(2,32)28(24-7-20(14-34)10-27(31)12-24)26-16-37(17-26)15-21-8-23(22-5-3-19(13-33)4-6-22)11-25(9-21)29-36-35-18-38-29/h3-12,18,26,28H,15-17H2,1-2H3. The van der Waals surface area contributed by atoms with Gasteiger partial charge in [-0.15, -0.1) is 10.2 Å². The molecule has 190 valence electrons. The van der Waals surface area contributed by atoms with Crippen LogP contribution in [0.1, 0.15) is 42.0 Å². The van der Waals surface area contributed by atoms with Crippen molar-refractivity contribution in [3.05, 3.63) is 95.1 Å². The van der Waals surface area contributed by atoms with E-state index in [2.05, 4.69) is 27.2 Å². The molecule has 0 spiro atoms. The third-order valence-electron chi connectivity index (χ3n) is 6.96. The molecule has 1 atom stereocenters. The van der Waals surface area contributed by atoms with E-state index in [0.29, 0.717) is 36.7 Å². The Morgan fingerprint density at radius 3 is 2.32 bits per heavy atom. The summed E-state index contributed by atoms with van der Waals surface area (Å²) in [4.78, 5) is 2.21. The largest absolute Gasteiger partial charge is 0.423 e. The summed E-state index contributed by atoms with van der Waals surface area (Å²) in [5.41, 5.74) is 3.40. The number of hydrogen-bond acceptors (Lipinski definition) is 6. The van der Waals surface area contributed by atoms with Gasteiger partial charge in [-0.1, -0.05) is 12.1 Å². The van der Waals surface area contributed by atoms with E-state index in [9.17, 15) is 9.65 Å². The van der Waals surface area contributed by atoms with E-state index in [1.165, 1.54) is 32.4 Å². The van der Waals surface area contributed by atoms with E-state index in [1.807, 2.05) is 30.3 Å². The Labute approximate surface area is 219 Å². The lowest BCUT2D eigenvalue weighted by atomic mass is 9.72. The number of nitrogens with zero attached hydrogens (tertiary/aromatic N) is 5. The van der Waals surface area contributed by atoms with Crippen LogP contribution in [0.2, 0.25) is 0 Å². The van der Waals surface area contributed by atoms with Gasteiger partial charge >= 0.3 is 0 Å². The summed E-state index contributed by atoms with van der Waals surface area (Å²) in [6.45, 7) is 4.90. The summed E-state index contributed by atoms with van der Waals surface area (Å²) < 4.78 is 35.0. The second kappa shape index (κ2) is 10.2. The average molecular weight is 510 g/mol. The van der Waals surface area contributed by atoms with Crippen LogP contribution in [0.4, 0.5) is 8.78 Å². The van der Waals surface area contributed by atoms with Gasteiger partial charge in [0.15, 0.2) is 0 Å². The Hall–Kier alpha value is -4.40. The Kier molecular flexibility index (Phi) is 6.75. The van der Waals surface area contributed by atoms with Crippen molar-refractivity contribution in [1.29, 1.82) is 10.5 Å². The summed E-state index contributed by atoms with van der Waals surface area (Å²) in [7, 11) is 0. The molecular weight excluding hydrogens is 484 g/mol. The van der Waals surface area contributed by atoms with Crippen molar-refractivity contribution in [2.75, 3.05) is 13.1 Å². The van der Waals surface area contributed by atoms with E-state index in [-0.39, 0.29) is 11.5 Å². The molecule has 1 fully saturated rings. The third kappa shape index (κ3) is 5.32. The Morgan fingerprint density at radius 2 is 1.68 bits per heavy atom. The second-order valence-electron chi connectivity index (χ2n) is 10.2. The number of alkyl halides is 1. The van der Waals surface area contributed by atoms with Crippen LogP contribution < -0.4 is 0 Å². The minimum Gasteiger partial charge on any atom is -0.423 e. The molecule has 0 N–H and O–H groups in total. The van der Waals surface area contributed by atoms with Crippen LogP contribution in [-0.2, 0) is 6.54 Å². The zero-order chi connectivity index (χ0) is 26.9. The van der Waals surface area contributed by atoms with Gasteiger partial charge in [0.2, 0.25) is 12.3 Å². The van der Waals surface area contributed by atoms with Crippen LogP contribution in [0.15, 0.2) is 71.5 Å². The van der Waals surface area contributed by atoms with Crippen molar-refractivity contribution in [2.24, 2.45) is 5.92 Å². The first kappa shape index (κ1) is 25.3. The monoisotopic (exact) mass is 509 g/mol. The van der Waals surface area contributed by atoms with Crippen LogP contribution in [0, 0.1) is 34.4 Å². The highest BCUT2D eigenvalue weighted by Gasteiger charge is 2.43. The van der Waals surface area contributed by atoms with Gasteiger partial charge in [-0.3, -0.25) is 4.90 Å². The highest BCUT2D eigenvalue weighted by Crippen LogP contribution is 2.43. The van der Waals surface area contributed by atoms with E-state index < -0.39 is 17.4 Å². The maximum absolute atomic E-state index is 15.4. The van der Waals surface area contributed by atoms with Crippen LogP contribution in [0.25, 0.3) is 22.6 Å². The smallest absolute Gasteiger partial charge is 0.247 e. The average Bonchev–Trinajstić information content (AvgIpc) is 3.41. The van der Waals surface area contributed by atoms with Crippen molar-refractivity contribution in [3.63, 3.8) is 0 Å². The molecular formula is C30H25F2N5O. The zero-order valence-corrected chi connectivity index (χ0v) is 21.0. The fraction of sp³-hybridized carbons (Fsp3) is 0.267. The number of halogens is 2. The van der Waals surface area contributed by atoms with Crippen LogP contribution >= 0.6 is 0 Å². The van der Waals surface area contributed by atoms with Crippen LogP contribution in [-0.4, -0.2) is 33.9 Å². The van der Waals surface area contributed by atoms with E-state index in [1.54, 1.807) is 18.2 Å². The van der Waals surface area contributed by atoms with Crippen molar-refractivity contribution < 1.29 is 13.2 Å². The summed E-state index contributed by atoms with van der Waals surface area (Å²) in [6, 6.07) is 21.6. The number of rotatable bonds is 7. The lowest BCUT2D eigenvalue weighted by Crippen LogP contribution is -2.52. The quantitative estimate of drug-likeness (QED) is 0.293. The molecule has 0 bridgehead atoms. The first-order chi connectivity index (χ1) is 18.2. The van der Waals surface area contributed by atoms with Gasteiger partial charge in [0, 0.05) is 31.1 Å². The van der Waals surface area contributed by atoms with E-state index in [4.69, 9.17) is 9.68 Å². The molecule has 1 aliphatic heterocycles. The summed E-state index contributed by atoms with van der Waals surface area (Å²) in [6.07, 6.45) is 1.28. The van der Waals surface area contributed by atoms with Crippen molar-refractivity contribution in [2.45, 2.75) is 32.0 Å². The van der Waals surface area contributed by atoms with Crippen molar-refractivity contribution >= 4 is 0 Å². The Bertz CT molecular complexity index is 1520. The number of aromatic nitrogens is 2. The van der Waals surface area contributed by atoms with Gasteiger partial charge in [-0.2, -0.15) is 10.5 Å². The molecule has 38 heavy (non-hydrogen) atoms. The highest BCUT2D eigenvalue weighted by molar-refractivity contribution is 5.71. The second-order valence-corrected chi connectivity index (χ2v) is 10.2. The summed E-state index contributed by atoms with van der Waals surface area (Å²) >= 11 is 0. The predicted octanol–water partition coefficient (Wildman–Crippen LogP) is 6.25. The molecule has 1 unspecified atom stereocenters. The number of nitriles is 2. The highest BCUT2D eigenvalue weighted by atomic mass is 19.1. The number of benzene rings is 3. The normalized spacial score (nSPS) is 14.9. The molecule has 2 heterocycles. The predicted molar refractivity (Wildman–Crippen MR) is 138 cm³/mol.